The van der Waals surface area contributed by atoms with Gasteiger partial charge in [0.2, 0.25) is 0 Å². The van der Waals surface area contributed by atoms with E-state index in [0.29, 0.717) is 13.2 Å². The third-order valence-corrected chi connectivity index (χ3v) is 4.04. The number of nitrogens with zero attached hydrogens (tertiary/aromatic N) is 3. The molecule has 0 aliphatic carbocycles. The molecular formula is C18H19N3O2. The Bertz CT molecular complexity index is 841. The van der Waals surface area contributed by atoms with Crippen molar-refractivity contribution in [3.63, 3.8) is 0 Å². The first-order valence-corrected chi connectivity index (χ1v) is 7.80. The van der Waals surface area contributed by atoms with Gasteiger partial charge in [-0.3, -0.25) is 0 Å². The number of hydrogen-bond donors (Lipinski definition) is 0. The molecule has 1 fully saturated rings. The second-order valence-corrected chi connectivity index (χ2v) is 6.34. The van der Waals surface area contributed by atoms with Crippen LogP contribution in [-0.4, -0.2) is 33.5 Å². The van der Waals surface area contributed by atoms with Crippen LogP contribution < -0.4 is 0 Å². The summed E-state index contributed by atoms with van der Waals surface area (Å²) in [5.41, 5.74) is 1.94. The van der Waals surface area contributed by atoms with E-state index < -0.39 is 5.79 Å². The summed E-state index contributed by atoms with van der Waals surface area (Å²) in [4.78, 5) is 0. The van der Waals surface area contributed by atoms with E-state index in [1.54, 1.807) is 0 Å². The lowest BCUT2D eigenvalue weighted by Gasteiger charge is -2.16. The van der Waals surface area contributed by atoms with Crippen LogP contribution in [0.4, 0.5) is 0 Å². The number of aromatic nitrogens is 3. The summed E-state index contributed by atoms with van der Waals surface area (Å²) in [6.45, 7) is 5.08. The van der Waals surface area contributed by atoms with E-state index in [9.17, 15) is 0 Å². The van der Waals surface area contributed by atoms with Crippen LogP contribution in [0, 0.1) is 0 Å². The van der Waals surface area contributed by atoms with Gasteiger partial charge in [0.05, 0.1) is 19.3 Å². The van der Waals surface area contributed by atoms with Crippen LogP contribution in [-0.2, 0) is 16.0 Å². The molecule has 1 aliphatic rings. The van der Waals surface area contributed by atoms with Gasteiger partial charge >= 0.3 is 0 Å². The Kier molecular flexibility index (Phi) is 3.39. The number of ether oxygens (including phenoxy) is 2. The zero-order chi connectivity index (χ0) is 15.9. The van der Waals surface area contributed by atoms with Gasteiger partial charge < -0.3 is 9.47 Å². The minimum Gasteiger partial charge on any atom is -0.348 e. The molecule has 1 unspecified atom stereocenters. The molecule has 23 heavy (non-hydrogen) atoms. The van der Waals surface area contributed by atoms with E-state index in [0.717, 1.165) is 11.3 Å². The van der Waals surface area contributed by atoms with Crippen LogP contribution in [0.3, 0.4) is 0 Å². The highest BCUT2D eigenvalue weighted by atomic mass is 16.7. The Labute approximate surface area is 134 Å². The molecule has 0 spiro atoms. The van der Waals surface area contributed by atoms with Crippen molar-refractivity contribution >= 4 is 10.8 Å². The van der Waals surface area contributed by atoms with E-state index >= 15 is 0 Å². The summed E-state index contributed by atoms with van der Waals surface area (Å²) in [6, 6.07) is 14.6. The molecule has 1 atom stereocenters. The highest BCUT2D eigenvalue weighted by Crippen LogP contribution is 2.25. The van der Waals surface area contributed by atoms with Gasteiger partial charge in [0, 0.05) is 5.56 Å². The maximum atomic E-state index is 5.81. The fourth-order valence-electron chi connectivity index (χ4n) is 2.93. The molecule has 118 valence electrons. The zero-order valence-electron chi connectivity index (χ0n) is 13.3. The van der Waals surface area contributed by atoms with Gasteiger partial charge in [-0.05, 0) is 30.7 Å². The molecule has 2 heterocycles. The first-order valence-electron chi connectivity index (χ1n) is 7.80. The van der Waals surface area contributed by atoms with Gasteiger partial charge in [-0.2, -0.15) is 0 Å². The average molecular weight is 309 g/mol. The van der Waals surface area contributed by atoms with Crippen LogP contribution in [0.2, 0.25) is 0 Å². The summed E-state index contributed by atoms with van der Waals surface area (Å²) in [7, 11) is 0. The normalized spacial score (nSPS) is 20.2. The predicted molar refractivity (Wildman–Crippen MR) is 87.9 cm³/mol. The van der Waals surface area contributed by atoms with E-state index in [2.05, 4.69) is 40.6 Å². The quantitative estimate of drug-likeness (QED) is 0.745. The standard InChI is InChI=1S/C18H19N3O2/c1-18(2)22-12-16(23-18)10-21-11-17(19-20-21)15-8-7-13-5-3-4-6-14(13)9-15/h3-9,11,16H,10,12H2,1-2H3. The van der Waals surface area contributed by atoms with Gasteiger partial charge in [0.25, 0.3) is 0 Å². The molecule has 3 aromatic rings. The number of benzene rings is 2. The predicted octanol–water partition coefficient (Wildman–Crippen LogP) is 3.25. The van der Waals surface area contributed by atoms with Crippen LogP contribution in [0.5, 0.6) is 0 Å². The molecule has 5 nitrogen and oxygen atoms in total. The maximum absolute atomic E-state index is 5.81. The molecule has 1 aromatic heterocycles. The van der Waals surface area contributed by atoms with Crippen molar-refractivity contribution in [2.45, 2.75) is 32.3 Å². The first kappa shape index (κ1) is 14.4. The summed E-state index contributed by atoms with van der Waals surface area (Å²) < 4.78 is 13.2. The molecule has 0 N–H and O–H groups in total. The molecular weight excluding hydrogens is 290 g/mol. The number of fused-ring (bicyclic) bond motifs is 1. The molecule has 0 saturated carbocycles. The molecule has 0 amide bonds. The van der Waals surface area contributed by atoms with Crippen molar-refractivity contribution in [2.24, 2.45) is 0 Å². The Morgan fingerprint density at radius 3 is 2.78 bits per heavy atom. The van der Waals surface area contributed by atoms with E-state index in [1.165, 1.54) is 10.8 Å². The van der Waals surface area contributed by atoms with Crippen molar-refractivity contribution in [1.82, 2.24) is 15.0 Å². The third-order valence-electron chi connectivity index (χ3n) is 4.04. The van der Waals surface area contributed by atoms with Crippen molar-refractivity contribution < 1.29 is 9.47 Å². The number of hydrogen-bond acceptors (Lipinski definition) is 4. The van der Waals surface area contributed by atoms with Crippen LogP contribution in [0.25, 0.3) is 22.0 Å². The Hall–Kier alpha value is -2.24. The topological polar surface area (TPSA) is 49.2 Å². The van der Waals surface area contributed by atoms with E-state index in [1.807, 2.05) is 36.9 Å². The summed E-state index contributed by atoms with van der Waals surface area (Å²) in [6.07, 6.45) is 1.97. The van der Waals surface area contributed by atoms with Crippen molar-refractivity contribution in [3.05, 3.63) is 48.7 Å². The largest absolute Gasteiger partial charge is 0.348 e. The fourth-order valence-corrected chi connectivity index (χ4v) is 2.93. The molecule has 0 bridgehead atoms. The van der Waals surface area contributed by atoms with Crippen LogP contribution in [0.1, 0.15) is 13.8 Å². The number of rotatable bonds is 3. The van der Waals surface area contributed by atoms with E-state index in [-0.39, 0.29) is 6.10 Å². The Morgan fingerprint density at radius 2 is 2.00 bits per heavy atom. The summed E-state index contributed by atoms with van der Waals surface area (Å²) >= 11 is 0. The second kappa shape index (κ2) is 5.44. The SMILES string of the molecule is CC1(C)OCC(Cn2cc(-c3ccc4ccccc4c3)nn2)O1. The minimum atomic E-state index is -0.508. The van der Waals surface area contributed by atoms with Gasteiger partial charge in [0.15, 0.2) is 5.79 Å². The van der Waals surface area contributed by atoms with Gasteiger partial charge in [-0.25, -0.2) is 4.68 Å². The van der Waals surface area contributed by atoms with Crippen LogP contribution in [0.15, 0.2) is 48.7 Å². The van der Waals surface area contributed by atoms with Gasteiger partial charge in [-0.15, -0.1) is 5.10 Å². The summed E-state index contributed by atoms with van der Waals surface area (Å²) in [5, 5.41) is 10.9. The van der Waals surface area contributed by atoms with Crippen molar-refractivity contribution in [3.8, 4) is 11.3 Å². The van der Waals surface area contributed by atoms with Gasteiger partial charge in [-0.1, -0.05) is 41.6 Å². The monoisotopic (exact) mass is 309 g/mol. The highest BCUT2D eigenvalue weighted by Gasteiger charge is 2.32. The van der Waals surface area contributed by atoms with Crippen molar-refractivity contribution in [1.29, 1.82) is 0 Å². The van der Waals surface area contributed by atoms with E-state index in [4.69, 9.17) is 9.47 Å². The Morgan fingerprint density at radius 1 is 1.17 bits per heavy atom. The highest BCUT2D eigenvalue weighted by molar-refractivity contribution is 5.86. The molecule has 5 heteroatoms. The first-order chi connectivity index (χ1) is 11.1. The molecule has 1 aliphatic heterocycles. The lowest BCUT2D eigenvalue weighted by atomic mass is 10.1. The average Bonchev–Trinajstić information content (AvgIpc) is 3.13. The Balaban J connectivity index is 1.55. The fraction of sp³-hybridized carbons (Fsp3) is 0.333. The minimum absolute atomic E-state index is 0.0103. The smallest absolute Gasteiger partial charge is 0.163 e. The molecule has 1 saturated heterocycles. The maximum Gasteiger partial charge on any atom is 0.163 e. The zero-order valence-corrected chi connectivity index (χ0v) is 13.3. The lowest BCUT2D eigenvalue weighted by Crippen LogP contribution is -2.24. The molecule has 4 rings (SSSR count). The summed E-state index contributed by atoms with van der Waals surface area (Å²) in [5.74, 6) is -0.508. The second-order valence-electron chi connectivity index (χ2n) is 6.34. The molecule has 2 aromatic carbocycles. The third kappa shape index (κ3) is 2.98. The van der Waals surface area contributed by atoms with Crippen LogP contribution >= 0.6 is 0 Å². The molecule has 0 radical (unpaired) electrons. The van der Waals surface area contributed by atoms with Crippen molar-refractivity contribution in [2.75, 3.05) is 6.61 Å². The lowest BCUT2D eigenvalue weighted by molar-refractivity contribution is -0.139. The van der Waals surface area contributed by atoms with Gasteiger partial charge in [0.1, 0.15) is 11.8 Å².